The van der Waals surface area contributed by atoms with Crippen LogP contribution in [0.3, 0.4) is 0 Å². The van der Waals surface area contributed by atoms with Gasteiger partial charge in [-0.15, -0.1) is 0 Å². The number of carbonyl (C=O) groups is 1. The number of benzene rings is 2. The Labute approximate surface area is 181 Å². The minimum absolute atomic E-state index is 0.0744. The minimum atomic E-state index is -0.401. The van der Waals surface area contributed by atoms with E-state index in [0.29, 0.717) is 38.8 Å². The fraction of sp³-hybridized carbons (Fsp3) is 0.435. The van der Waals surface area contributed by atoms with Crippen LogP contribution in [0.1, 0.15) is 31.2 Å². The van der Waals surface area contributed by atoms with E-state index in [0.717, 1.165) is 29.8 Å². The second-order valence-corrected chi connectivity index (χ2v) is 8.07. The second-order valence-electron chi connectivity index (χ2n) is 8.07. The molecule has 2 aromatic carbocycles. The van der Waals surface area contributed by atoms with Crippen LogP contribution in [0, 0.1) is 10.1 Å². The number of nitrogens with zero attached hydrogens (tertiary/aromatic N) is 3. The fourth-order valence-electron chi connectivity index (χ4n) is 4.13. The number of urea groups is 1. The number of rotatable bonds is 6. The first-order valence-electron chi connectivity index (χ1n) is 10.9. The van der Waals surface area contributed by atoms with Gasteiger partial charge < -0.3 is 19.9 Å². The normalized spacial score (nSPS) is 16.9. The van der Waals surface area contributed by atoms with Gasteiger partial charge in [0.15, 0.2) is 0 Å². The quantitative estimate of drug-likeness (QED) is 0.560. The summed E-state index contributed by atoms with van der Waals surface area (Å²) in [4.78, 5) is 26.9. The average Bonchev–Trinajstić information content (AvgIpc) is 3.32. The number of non-ortho nitro benzene ring substituents is 1. The molecule has 2 aliphatic rings. The Morgan fingerprint density at radius 2 is 1.65 bits per heavy atom. The Kier molecular flexibility index (Phi) is 6.54. The smallest absolute Gasteiger partial charge is 0.317 e. The molecule has 164 valence electrons. The van der Waals surface area contributed by atoms with Crippen molar-refractivity contribution < 1.29 is 14.5 Å². The Balaban J connectivity index is 1.21. The summed E-state index contributed by atoms with van der Waals surface area (Å²) < 4.78 is 5.98. The molecule has 0 aromatic heterocycles. The standard InChI is InChI=1S/C23H28N4O4/c28-23(24-17-18-5-11-22(12-6-18)31-21-3-1-2-4-21)26-15-13-25(14-16-26)19-7-9-20(10-8-19)27(29)30/h5-12,21H,1-4,13-17H2,(H,24,28). The highest BCUT2D eigenvalue weighted by Crippen LogP contribution is 2.24. The van der Waals surface area contributed by atoms with Crippen LogP contribution >= 0.6 is 0 Å². The van der Waals surface area contributed by atoms with Gasteiger partial charge in [0, 0.05) is 50.5 Å². The van der Waals surface area contributed by atoms with Crippen molar-refractivity contribution in [3.63, 3.8) is 0 Å². The molecular formula is C23H28N4O4. The molecule has 0 bridgehead atoms. The largest absolute Gasteiger partial charge is 0.490 e. The molecule has 8 nitrogen and oxygen atoms in total. The number of piperazine rings is 1. The molecule has 4 rings (SSSR count). The molecule has 0 atom stereocenters. The van der Waals surface area contributed by atoms with Crippen LogP contribution in [0.4, 0.5) is 16.2 Å². The van der Waals surface area contributed by atoms with Gasteiger partial charge >= 0.3 is 6.03 Å². The Morgan fingerprint density at radius 3 is 2.26 bits per heavy atom. The molecular weight excluding hydrogens is 396 g/mol. The lowest BCUT2D eigenvalue weighted by molar-refractivity contribution is -0.384. The number of nitro groups is 1. The predicted molar refractivity (Wildman–Crippen MR) is 118 cm³/mol. The van der Waals surface area contributed by atoms with Gasteiger partial charge in [0.2, 0.25) is 0 Å². The first-order valence-corrected chi connectivity index (χ1v) is 10.9. The number of nitro benzene ring substituents is 1. The molecule has 8 heteroatoms. The van der Waals surface area contributed by atoms with Crippen molar-refractivity contribution in [1.29, 1.82) is 0 Å². The van der Waals surface area contributed by atoms with E-state index in [1.807, 2.05) is 24.3 Å². The number of anilines is 1. The van der Waals surface area contributed by atoms with E-state index in [1.165, 1.54) is 25.0 Å². The zero-order valence-electron chi connectivity index (χ0n) is 17.5. The molecule has 0 unspecified atom stereocenters. The van der Waals surface area contributed by atoms with E-state index >= 15 is 0 Å². The zero-order valence-corrected chi connectivity index (χ0v) is 17.5. The van der Waals surface area contributed by atoms with Crippen molar-refractivity contribution in [2.75, 3.05) is 31.1 Å². The highest BCUT2D eigenvalue weighted by molar-refractivity contribution is 5.74. The Bertz CT molecular complexity index is 887. The third-order valence-corrected chi connectivity index (χ3v) is 5.96. The van der Waals surface area contributed by atoms with Gasteiger partial charge in [-0.05, 0) is 55.5 Å². The molecule has 1 aliphatic heterocycles. The highest BCUT2D eigenvalue weighted by Gasteiger charge is 2.21. The number of carbonyl (C=O) groups excluding carboxylic acids is 1. The Hall–Kier alpha value is -3.29. The van der Waals surface area contributed by atoms with Gasteiger partial charge in [-0.3, -0.25) is 10.1 Å². The van der Waals surface area contributed by atoms with Gasteiger partial charge in [0.25, 0.3) is 5.69 Å². The van der Waals surface area contributed by atoms with Crippen LogP contribution in [0.5, 0.6) is 5.75 Å². The van der Waals surface area contributed by atoms with E-state index in [-0.39, 0.29) is 11.7 Å². The number of nitrogens with one attached hydrogen (secondary N) is 1. The number of hydrogen-bond donors (Lipinski definition) is 1. The van der Waals surface area contributed by atoms with Crippen LogP contribution < -0.4 is 15.0 Å². The SMILES string of the molecule is O=C(NCc1ccc(OC2CCCC2)cc1)N1CCN(c2ccc([N+](=O)[O-])cc2)CC1. The van der Waals surface area contributed by atoms with Crippen LogP contribution in [0.15, 0.2) is 48.5 Å². The van der Waals surface area contributed by atoms with Gasteiger partial charge in [-0.1, -0.05) is 12.1 Å². The van der Waals surface area contributed by atoms with Gasteiger partial charge in [0.05, 0.1) is 11.0 Å². The molecule has 1 heterocycles. The van der Waals surface area contributed by atoms with Gasteiger partial charge in [-0.2, -0.15) is 0 Å². The maximum Gasteiger partial charge on any atom is 0.317 e. The molecule has 1 saturated carbocycles. The summed E-state index contributed by atoms with van der Waals surface area (Å²) in [5.41, 5.74) is 2.06. The summed E-state index contributed by atoms with van der Waals surface area (Å²) in [5, 5.41) is 13.8. The second kappa shape index (κ2) is 9.68. The lowest BCUT2D eigenvalue weighted by Gasteiger charge is -2.36. The van der Waals surface area contributed by atoms with Gasteiger partial charge in [-0.25, -0.2) is 4.79 Å². The van der Waals surface area contributed by atoms with Crippen molar-refractivity contribution in [2.24, 2.45) is 0 Å². The van der Waals surface area contributed by atoms with Gasteiger partial charge in [0.1, 0.15) is 5.75 Å². The molecule has 0 spiro atoms. The van der Waals surface area contributed by atoms with Crippen LogP contribution in [-0.4, -0.2) is 48.1 Å². The minimum Gasteiger partial charge on any atom is -0.490 e. The Morgan fingerprint density at radius 1 is 1.00 bits per heavy atom. The summed E-state index contributed by atoms with van der Waals surface area (Å²) in [6, 6.07) is 14.4. The van der Waals surface area contributed by atoms with E-state index in [1.54, 1.807) is 17.0 Å². The van der Waals surface area contributed by atoms with Crippen molar-refractivity contribution in [3.05, 3.63) is 64.2 Å². The number of ether oxygens (including phenoxy) is 1. The van der Waals surface area contributed by atoms with E-state index < -0.39 is 4.92 Å². The molecule has 1 N–H and O–H groups in total. The monoisotopic (exact) mass is 424 g/mol. The van der Waals surface area contributed by atoms with E-state index in [9.17, 15) is 14.9 Å². The predicted octanol–water partition coefficient (Wildman–Crippen LogP) is 3.95. The zero-order chi connectivity index (χ0) is 21.6. The lowest BCUT2D eigenvalue weighted by atomic mass is 10.2. The molecule has 0 radical (unpaired) electrons. The van der Waals surface area contributed by atoms with Crippen molar-refractivity contribution in [3.8, 4) is 5.75 Å². The maximum atomic E-state index is 12.5. The first kappa shape index (κ1) is 21.0. The van der Waals surface area contributed by atoms with Crippen molar-refractivity contribution in [1.82, 2.24) is 10.2 Å². The summed E-state index contributed by atoms with van der Waals surface area (Å²) in [6.45, 7) is 3.08. The number of hydrogen-bond acceptors (Lipinski definition) is 5. The van der Waals surface area contributed by atoms with E-state index in [2.05, 4.69) is 10.2 Å². The van der Waals surface area contributed by atoms with Crippen LogP contribution in [-0.2, 0) is 6.54 Å². The van der Waals surface area contributed by atoms with Crippen molar-refractivity contribution in [2.45, 2.75) is 38.3 Å². The molecule has 2 fully saturated rings. The lowest BCUT2D eigenvalue weighted by Crippen LogP contribution is -2.51. The third-order valence-electron chi connectivity index (χ3n) is 5.96. The van der Waals surface area contributed by atoms with Crippen LogP contribution in [0.2, 0.25) is 0 Å². The average molecular weight is 425 g/mol. The summed E-state index contributed by atoms with van der Waals surface area (Å²) in [5.74, 6) is 0.893. The van der Waals surface area contributed by atoms with E-state index in [4.69, 9.17) is 4.74 Å². The summed E-state index contributed by atoms with van der Waals surface area (Å²) in [7, 11) is 0. The molecule has 2 aromatic rings. The fourth-order valence-corrected chi connectivity index (χ4v) is 4.13. The topological polar surface area (TPSA) is 88.0 Å². The highest BCUT2D eigenvalue weighted by atomic mass is 16.6. The first-order chi connectivity index (χ1) is 15.1. The summed E-state index contributed by atoms with van der Waals surface area (Å²) >= 11 is 0. The summed E-state index contributed by atoms with van der Waals surface area (Å²) in [6.07, 6.45) is 5.11. The maximum absolute atomic E-state index is 12.5. The molecule has 31 heavy (non-hydrogen) atoms. The van der Waals surface area contributed by atoms with Crippen LogP contribution in [0.25, 0.3) is 0 Å². The molecule has 1 saturated heterocycles. The molecule has 1 aliphatic carbocycles. The van der Waals surface area contributed by atoms with Crippen molar-refractivity contribution >= 4 is 17.4 Å². The number of amides is 2. The molecule has 2 amide bonds. The third kappa shape index (κ3) is 5.45.